The molecule has 0 aromatic carbocycles. The van der Waals surface area contributed by atoms with Gasteiger partial charge in [0, 0.05) is 6.61 Å². The Morgan fingerprint density at radius 2 is 2.00 bits per heavy atom. The summed E-state index contributed by atoms with van der Waals surface area (Å²) in [6.45, 7) is -0.155. The molecule has 0 radical (unpaired) electrons. The Hall–Kier alpha value is 0.480. The van der Waals surface area contributed by atoms with Gasteiger partial charge in [-0.25, -0.2) is 0 Å². The molecular weight excluding hydrogens is 204 g/mol. The molecule has 0 saturated heterocycles. The lowest BCUT2D eigenvalue weighted by Gasteiger charge is -2.24. The molecule has 0 amide bonds. The van der Waals surface area contributed by atoms with E-state index in [4.69, 9.17) is 10.2 Å². The summed E-state index contributed by atoms with van der Waals surface area (Å²) in [5.74, 6) is -1.09. The maximum atomic E-state index is 10.4. The molecule has 1 atom stereocenters. The van der Waals surface area contributed by atoms with Gasteiger partial charge in [0.15, 0.2) is 0 Å². The zero-order valence-corrected chi connectivity index (χ0v) is 8.32. The van der Waals surface area contributed by atoms with Crippen molar-refractivity contribution in [2.45, 2.75) is 15.7 Å². The Morgan fingerprint density at radius 1 is 1.55 bits per heavy atom. The lowest BCUT2D eigenvalue weighted by atomic mass is 10.2. The van der Waals surface area contributed by atoms with Crippen LogP contribution in [0.2, 0.25) is 0 Å². The second kappa shape index (κ2) is 4.49. The van der Waals surface area contributed by atoms with Crippen molar-refractivity contribution >= 4 is 43.9 Å². The molecule has 0 heterocycles. The van der Waals surface area contributed by atoms with E-state index >= 15 is 0 Å². The van der Waals surface area contributed by atoms with Crippen LogP contribution in [0.5, 0.6) is 0 Å². The van der Waals surface area contributed by atoms with Gasteiger partial charge < -0.3 is 10.2 Å². The molecule has 2 N–H and O–H groups in total. The fourth-order valence-electron chi connectivity index (χ4n) is 0.499. The number of rotatable bonds is 4. The largest absolute Gasteiger partial charge is 0.480 e. The van der Waals surface area contributed by atoms with Crippen LogP contribution >= 0.6 is 37.9 Å². The third-order valence-corrected chi connectivity index (χ3v) is 3.18. The van der Waals surface area contributed by atoms with Crippen LogP contribution < -0.4 is 0 Å². The summed E-state index contributed by atoms with van der Waals surface area (Å²) in [4.78, 5) is 10.4. The molecule has 0 aromatic rings. The number of hydrogen-bond acceptors (Lipinski definition) is 5. The standard InChI is InChI=1S/C5H10O3S3/c6-2-1-5(10,11)3(9)4(7)8/h3,6,9-11H,1-2H2,(H,7,8). The van der Waals surface area contributed by atoms with E-state index in [2.05, 4.69) is 37.9 Å². The summed E-state index contributed by atoms with van der Waals surface area (Å²) in [5.41, 5.74) is 0. The number of aliphatic hydroxyl groups excluding tert-OH is 1. The zero-order valence-electron chi connectivity index (χ0n) is 5.64. The summed E-state index contributed by atoms with van der Waals surface area (Å²) in [7, 11) is 0. The highest BCUT2D eigenvalue weighted by atomic mass is 32.2. The van der Waals surface area contributed by atoms with Crippen molar-refractivity contribution in [2.75, 3.05) is 6.61 Å². The molecule has 0 aliphatic rings. The van der Waals surface area contributed by atoms with E-state index in [1.165, 1.54) is 0 Å². The smallest absolute Gasteiger partial charge is 0.318 e. The molecule has 0 aromatic heterocycles. The summed E-state index contributed by atoms with van der Waals surface area (Å²) < 4.78 is -1.07. The fraction of sp³-hybridized carbons (Fsp3) is 0.800. The van der Waals surface area contributed by atoms with Crippen LogP contribution in [-0.4, -0.2) is 32.1 Å². The minimum absolute atomic E-state index is 0.155. The molecule has 3 nitrogen and oxygen atoms in total. The minimum Gasteiger partial charge on any atom is -0.480 e. The first-order valence-corrected chi connectivity index (χ1v) is 4.29. The second-order valence-corrected chi connectivity index (χ2v) is 4.56. The molecule has 0 spiro atoms. The molecule has 0 bridgehead atoms. The quantitative estimate of drug-likeness (QED) is 0.346. The van der Waals surface area contributed by atoms with Crippen LogP contribution in [0.4, 0.5) is 0 Å². The van der Waals surface area contributed by atoms with Crippen LogP contribution in [-0.2, 0) is 4.79 Å². The van der Waals surface area contributed by atoms with Gasteiger partial charge in [0.2, 0.25) is 0 Å². The molecule has 66 valence electrons. The highest BCUT2D eigenvalue weighted by Gasteiger charge is 2.33. The van der Waals surface area contributed by atoms with E-state index in [0.29, 0.717) is 0 Å². The van der Waals surface area contributed by atoms with Crippen LogP contribution in [0.1, 0.15) is 6.42 Å². The van der Waals surface area contributed by atoms with Gasteiger partial charge in [0.25, 0.3) is 0 Å². The van der Waals surface area contributed by atoms with Crippen molar-refractivity contribution in [3.8, 4) is 0 Å². The van der Waals surface area contributed by atoms with Crippen molar-refractivity contribution < 1.29 is 15.0 Å². The number of carboxylic acid groups (broad SMARTS) is 1. The third-order valence-electron chi connectivity index (χ3n) is 1.15. The lowest BCUT2D eigenvalue weighted by Crippen LogP contribution is -2.34. The number of hydrogen-bond donors (Lipinski definition) is 5. The van der Waals surface area contributed by atoms with E-state index in [-0.39, 0.29) is 13.0 Å². The number of carboxylic acids is 1. The SMILES string of the molecule is O=C(O)C(S)C(S)(S)CCO. The van der Waals surface area contributed by atoms with Crippen molar-refractivity contribution in [3.63, 3.8) is 0 Å². The van der Waals surface area contributed by atoms with Gasteiger partial charge in [0.05, 0.1) is 4.08 Å². The number of thiol groups is 3. The van der Waals surface area contributed by atoms with Gasteiger partial charge in [-0.05, 0) is 6.42 Å². The molecule has 1 unspecified atom stereocenters. The van der Waals surface area contributed by atoms with E-state index in [0.717, 1.165) is 0 Å². The maximum Gasteiger partial charge on any atom is 0.318 e. The topological polar surface area (TPSA) is 57.5 Å². The van der Waals surface area contributed by atoms with Gasteiger partial charge in [-0.1, -0.05) is 0 Å². The fourth-order valence-corrected chi connectivity index (χ4v) is 1.05. The molecular formula is C5H10O3S3. The molecule has 11 heavy (non-hydrogen) atoms. The summed E-state index contributed by atoms with van der Waals surface area (Å²) >= 11 is 11.7. The summed E-state index contributed by atoms with van der Waals surface area (Å²) in [5, 5.41) is 16.0. The Labute approximate surface area is 81.4 Å². The van der Waals surface area contributed by atoms with Crippen molar-refractivity contribution in [3.05, 3.63) is 0 Å². The van der Waals surface area contributed by atoms with Crippen molar-refractivity contribution in [2.24, 2.45) is 0 Å². The second-order valence-electron chi connectivity index (χ2n) is 2.09. The van der Waals surface area contributed by atoms with Gasteiger partial charge >= 0.3 is 5.97 Å². The van der Waals surface area contributed by atoms with Crippen molar-refractivity contribution in [1.82, 2.24) is 0 Å². The Morgan fingerprint density at radius 3 is 2.27 bits per heavy atom. The van der Waals surface area contributed by atoms with Crippen molar-refractivity contribution in [1.29, 1.82) is 0 Å². The summed E-state index contributed by atoms with van der Waals surface area (Å²) in [6.07, 6.45) is 0.180. The average molecular weight is 214 g/mol. The van der Waals surface area contributed by atoms with E-state index < -0.39 is 15.3 Å². The maximum absolute atomic E-state index is 10.4. The lowest BCUT2D eigenvalue weighted by molar-refractivity contribution is -0.136. The summed E-state index contributed by atoms with van der Waals surface area (Å²) in [6, 6.07) is 0. The Bertz CT molecular complexity index is 148. The van der Waals surface area contributed by atoms with Gasteiger partial charge in [0.1, 0.15) is 5.25 Å². The first-order valence-electron chi connectivity index (χ1n) is 2.88. The van der Waals surface area contributed by atoms with Crippen LogP contribution in [0.25, 0.3) is 0 Å². The molecule has 6 heteroatoms. The number of aliphatic carboxylic acids is 1. The minimum atomic E-state index is -1.09. The zero-order chi connectivity index (χ0) is 9.07. The number of carbonyl (C=O) groups is 1. The molecule has 0 saturated carbocycles. The molecule has 0 rings (SSSR count). The van der Waals surface area contributed by atoms with Crippen LogP contribution in [0.15, 0.2) is 0 Å². The van der Waals surface area contributed by atoms with E-state index in [1.54, 1.807) is 0 Å². The predicted molar refractivity (Wildman–Crippen MR) is 52.8 cm³/mol. The third kappa shape index (κ3) is 3.59. The first-order chi connectivity index (χ1) is 4.91. The molecule has 0 aliphatic carbocycles. The highest BCUT2D eigenvalue weighted by molar-refractivity contribution is 8.02. The van der Waals surface area contributed by atoms with Crippen LogP contribution in [0.3, 0.4) is 0 Å². The molecule has 0 fully saturated rings. The predicted octanol–water partition coefficient (Wildman–Crippen LogP) is 0.308. The van der Waals surface area contributed by atoms with E-state index in [1.807, 2.05) is 0 Å². The Balaban J connectivity index is 4.16. The normalized spacial score (nSPS) is 14.5. The monoisotopic (exact) mass is 214 g/mol. The van der Waals surface area contributed by atoms with Gasteiger partial charge in [-0.15, -0.1) is 0 Å². The Kier molecular flexibility index (Phi) is 4.69. The van der Waals surface area contributed by atoms with Gasteiger partial charge in [-0.2, -0.15) is 37.9 Å². The first kappa shape index (κ1) is 11.5. The molecule has 0 aliphatic heterocycles. The average Bonchev–Trinajstić information content (AvgIpc) is 1.86. The number of aliphatic hydroxyl groups is 1. The van der Waals surface area contributed by atoms with Crippen LogP contribution in [0, 0.1) is 0 Å². The van der Waals surface area contributed by atoms with E-state index in [9.17, 15) is 4.79 Å². The van der Waals surface area contributed by atoms with Gasteiger partial charge in [-0.3, -0.25) is 4.79 Å². The highest BCUT2D eigenvalue weighted by Crippen LogP contribution is 2.31.